The molecule has 0 radical (unpaired) electrons. The normalized spacial score (nSPS) is 17.7. The van der Waals surface area contributed by atoms with E-state index in [1.165, 1.54) is 0 Å². The number of rotatable bonds is 4. The minimum Gasteiger partial charge on any atom is -0.387 e. The fourth-order valence-corrected chi connectivity index (χ4v) is 2.98. The van der Waals surface area contributed by atoms with Gasteiger partial charge >= 0.3 is 0 Å². The smallest absolute Gasteiger partial charge is 0.251 e. The largest absolute Gasteiger partial charge is 0.387 e. The van der Waals surface area contributed by atoms with Gasteiger partial charge in [-0.05, 0) is 29.5 Å². The number of hydrogen-bond donors (Lipinski definition) is 3. The monoisotopic (exact) mass is 301 g/mol. The van der Waals surface area contributed by atoms with Crippen molar-refractivity contribution in [3.8, 4) is 0 Å². The van der Waals surface area contributed by atoms with E-state index in [-0.39, 0.29) is 5.56 Å². The van der Waals surface area contributed by atoms with Crippen molar-refractivity contribution in [2.45, 2.75) is 19.4 Å². The molecule has 5 heteroatoms. The number of piperazine rings is 1. The lowest BCUT2D eigenvalue weighted by atomic mass is 10.0. The van der Waals surface area contributed by atoms with E-state index >= 15 is 0 Å². The zero-order valence-corrected chi connectivity index (χ0v) is 12.9. The Bertz CT molecular complexity index is 705. The molecule has 1 fully saturated rings. The van der Waals surface area contributed by atoms with Crippen LogP contribution in [0.1, 0.15) is 24.2 Å². The molecule has 1 atom stereocenters. The quantitative estimate of drug-likeness (QED) is 0.789. The van der Waals surface area contributed by atoms with Gasteiger partial charge in [0.05, 0.1) is 6.10 Å². The molecule has 118 valence electrons. The molecule has 1 aliphatic rings. The van der Waals surface area contributed by atoms with E-state index < -0.39 is 6.10 Å². The number of aliphatic hydroxyl groups excluding tert-OH is 1. The number of hydrogen-bond acceptors (Lipinski definition) is 4. The number of aromatic amines is 1. The van der Waals surface area contributed by atoms with Crippen molar-refractivity contribution >= 4 is 10.9 Å². The lowest BCUT2D eigenvalue weighted by Crippen LogP contribution is -2.44. The van der Waals surface area contributed by atoms with E-state index in [1.54, 1.807) is 0 Å². The number of fused-ring (bicyclic) bond motifs is 1. The van der Waals surface area contributed by atoms with Crippen LogP contribution in [0, 0.1) is 0 Å². The first-order valence-electron chi connectivity index (χ1n) is 7.94. The molecule has 0 amide bonds. The molecule has 2 heterocycles. The van der Waals surface area contributed by atoms with Crippen molar-refractivity contribution in [3.63, 3.8) is 0 Å². The molecule has 1 aromatic heterocycles. The molecule has 3 rings (SSSR count). The van der Waals surface area contributed by atoms with Gasteiger partial charge in [0.25, 0.3) is 5.56 Å². The summed E-state index contributed by atoms with van der Waals surface area (Å²) in [5, 5.41) is 14.8. The van der Waals surface area contributed by atoms with E-state index in [1.807, 2.05) is 31.2 Å². The summed E-state index contributed by atoms with van der Waals surface area (Å²) in [4.78, 5) is 17.1. The van der Waals surface area contributed by atoms with Gasteiger partial charge in [-0.2, -0.15) is 0 Å². The number of pyridine rings is 1. The molecular formula is C17H23N3O2. The lowest BCUT2D eigenvalue weighted by Gasteiger charge is -2.29. The van der Waals surface area contributed by atoms with Crippen LogP contribution in [0.4, 0.5) is 0 Å². The van der Waals surface area contributed by atoms with E-state index in [9.17, 15) is 9.90 Å². The molecule has 0 aliphatic carbocycles. The van der Waals surface area contributed by atoms with Gasteiger partial charge in [0.2, 0.25) is 0 Å². The molecule has 0 bridgehead atoms. The van der Waals surface area contributed by atoms with Crippen molar-refractivity contribution in [3.05, 3.63) is 45.7 Å². The van der Waals surface area contributed by atoms with Gasteiger partial charge in [-0.15, -0.1) is 0 Å². The van der Waals surface area contributed by atoms with Gasteiger partial charge in [0.1, 0.15) is 0 Å². The van der Waals surface area contributed by atoms with Crippen LogP contribution in [0.5, 0.6) is 0 Å². The van der Waals surface area contributed by atoms with Crippen LogP contribution in [-0.2, 0) is 6.42 Å². The Morgan fingerprint density at radius 2 is 2.05 bits per heavy atom. The van der Waals surface area contributed by atoms with Gasteiger partial charge in [0, 0.05) is 43.8 Å². The molecule has 22 heavy (non-hydrogen) atoms. The number of nitrogens with zero attached hydrogens (tertiary/aromatic N) is 1. The minimum atomic E-state index is -0.531. The minimum absolute atomic E-state index is 0.0382. The average molecular weight is 301 g/mol. The first kappa shape index (κ1) is 15.2. The van der Waals surface area contributed by atoms with Crippen molar-refractivity contribution in [1.29, 1.82) is 0 Å². The zero-order valence-electron chi connectivity index (χ0n) is 12.9. The molecule has 1 aromatic carbocycles. The topological polar surface area (TPSA) is 68.4 Å². The molecule has 1 unspecified atom stereocenters. The Labute approximate surface area is 130 Å². The molecule has 5 nitrogen and oxygen atoms in total. The fraction of sp³-hybridized carbons (Fsp3) is 0.471. The number of β-amino-alcohol motifs (C(OH)–C–C–N with tert-alkyl or cyclic N) is 1. The second kappa shape index (κ2) is 6.60. The summed E-state index contributed by atoms with van der Waals surface area (Å²) in [5.74, 6) is 0. The second-order valence-corrected chi connectivity index (χ2v) is 5.89. The molecule has 3 N–H and O–H groups in total. The summed E-state index contributed by atoms with van der Waals surface area (Å²) in [5.41, 5.74) is 2.40. The van der Waals surface area contributed by atoms with Crippen LogP contribution in [0.25, 0.3) is 10.9 Å². The first-order valence-corrected chi connectivity index (χ1v) is 7.94. The number of aryl methyl sites for hydroxylation is 1. The molecule has 1 saturated heterocycles. The van der Waals surface area contributed by atoms with Crippen LogP contribution in [-0.4, -0.2) is 47.7 Å². The van der Waals surface area contributed by atoms with Crippen molar-refractivity contribution < 1.29 is 5.11 Å². The van der Waals surface area contributed by atoms with Gasteiger partial charge in [-0.25, -0.2) is 0 Å². The third kappa shape index (κ3) is 3.21. The number of aliphatic hydroxyl groups is 1. The first-order chi connectivity index (χ1) is 10.7. The highest BCUT2D eigenvalue weighted by Crippen LogP contribution is 2.20. The van der Waals surface area contributed by atoms with Crippen LogP contribution >= 0.6 is 0 Å². The van der Waals surface area contributed by atoms with Gasteiger partial charge in [0.15, 0.2) is 0 Å². The zero-order chi connectivity index (χ0) is 15.5. The maximum Gasteiger partial charge on any atom is 0.251 e. The molecule has 1 aliphatic heterocycles. The SMILES string of the molecule is CCc1cc2ccc(C(O)CN3CCNCC3)cc2[nH]c1=O. The van der Waals surface area contributed by atoms with Crippen molar-refractivity contribution in [2.24, 2.45) is 0 Å². The predicted molar refractivity (Wildman–Crippen MR) is 88.2 cm³/mol. The summed E-state index contributed by atoms with van der Waals surface area (Å²) < 4.78 is 0. The Morgan fingerprint density at radius 3 is 2.77 bits per heavy atom. The molecule has 0 spiro atoms. The fourth-order valence-electron chi connectivity index (χ4n) is 2.98. The number of benzene rings is 1. The lowest BCUT2D eigenvalue weighted by molar-refractivity contribution is 0.106. The third-order valence-electron chi connectivity index (χ3n) is 4.35. The summed E-state index contributed by atoms with van der Waals surface area (Å²) in [7, 11) is 0. The highest BCUT2D eigenvalue weighted by molar-refractivity contribution is 5.79. The predicted octanol–water partition coefficient (Wildman–Crippen LogP) is 1.03. The maximum atomic E-state index is 11.9. The second-order valence-electron chi connectivity index (χ2n) is 5.89. The van der Waals surface area contributed by atoms with Crippen LogP contribution < -0.4 is 10.9 Å². The third-order valence-corrected chi connectivity index (χ3v) is 4.35. The van der Waals surface area contributed by atoms with E-state index in [2.05, 4.69) is 15.2 Å². The standard InChI is InChI=1S/C17H23N3O2/c1-2-12-9-13-3-4-14(10-15(13)19-17(12)22)16(21)11-20-7-5-18-6-8-20/h3-4,9-10,16,18,21H,2,5-8,11H2,1H3,(H,19,22). The van der Waals surface area contributed by atoms with Crippen molar-refractivity contribution in [1.82, 2.24) is 15.2 Å². The Kier molecular flexibility index (Phi) is 4.57. The number of nitrogens with one attached hydrogen (secondary N) is 2. The Balaban J connectivity index is 1.82. The van der Waals surface area contributed by atoms with E-state index in [0.29, 0.717) is 6.54 Å². The highest BCUT2D eigenvalue weighted by atomic mass is 16.3. The van der Waals surface area contributed by atoms with Crippen LogP contribution in [0.15, 0.2) is 29.1 Å². The molecule has 2 aromatic rings. The van der Waals surface area contributed by atoms with Gasteiger partial charge in [-0.3, -0.25) is 9.69 Å². The van der Waals surface area contributed by atoms with Gasteiger partial charge < -0.3 is 15.4 Å². The average Bonchev–Trinajstić information content (AvgIpc) is 2.54. The highest BCUT2D eigenvalue weighted by Gasteiger charge is 2.16. The number of aromatic nitrogens is 1. The van der Waals surface area contributed by atoms with Gasteiger partial charge in [-0.1, -0.05) is 19.1 Å². The van der Waals surface area contributed by atoms with Crippen LogP contribution in [0.3, 0.4) is 0 Å². The summed E-state index contributed by atoms with van der Waals surface area (Å²) in [6, 6.07) is 7.75. The summed E-state index contributed by atoms with van der Waals surface area (Å²) in [6.45, 7) is 6.46. The maximum absolute atomic E-state index is 11.9. The van der Waals surface area contributed by atoms with E-state index in [4.69, 9.17) is 0 Å². The molecule has 0 saturated carbocycles. The number of H-pyrrole nitrogens is 1. The van der Waals surface area contributed by atoms with Crippen LogP contribution in [0.2, 0.25) is 0 Å². The van der Waals surface area contributed by atoms with E-state index in [0.717, 1.165) is 54.6 Å². The van der Waals surface area contributed by atoms with Crippen molar-refractivity contribution in [2.75, 3.05) is 32.7 Å². The summed E-state index contributed by atoms with van der Waals surface area (Å²) >= 11 is 0. The Morgan fingerprint density at radius 1 is 1.27 bits per heavy atom. The molecular weight excluding hydrogens is 278 g/mol. The summed E-state index contributed by atoms with van der Waals surface area (Å²) in [6.07, 6.45) is 0.190. The Hall–Kier alpha value is -1.69.